The molecule has 1 amide bonds. The number of nitrogens with two attached hydrogens (primary N) is 1. The zero-order chi connectivity index (χ0) is 20.0. The molecule has 0 aliphatic carbocycles. The van der Waals surface area contributed by atoms with E-state index in [1.807, 2.05) is 0 Å². The Balaban J connectivity index is 2.25. The summed E-state index contributed by atoms with van der Waals surface area (Å²) in [6.07, 6.45) is 1.22. The van der Waals surface area contributed by atoms with Gasteiger partial charge >= 0.3 is 5.97 Å². The molecule has 1 aliphatic rings. The first kappa shape index (κ1) is 21.3. The minimum Gasteiger partial charge on any atom is -0.462 e. The van der Waals surface area contributed by atoms with Crippen molar-refractivity contribution in [2.75, 3.05) is 32.8 Å². The maximum Gasteiger partial charge on any atom is 0.338 e. The number of hydrogen-bond acceptors (Lipinski definition) is 6. The quantitative estimate of drug-likeness (QED) is 0.652. The van der Waals surface area contributed by atoms with Gasteiger partial charge in [-0.3, -0.25) is 4.79 Å². The molecule has 3 N–H and O–H groups in total. The van der Waals surface area contributed by atoms with Gasteiger partial charge < -0.3 is 15.8 Å². The largest absolute Gasteiger partial charge is 0.462 e. The molecule has 2 rings (SSSR count). The van der Waals surface area contributed by atoms with E-state index in [9.17, 15) is 18.0 Å². The second kappa shape index (κ2) is 9.29. The monoisotopic (exact) mass is 397 g/mol. The maximum atomic E-state index is 13.1. The van der Waals surface area contributed by atoms with Crippen LogP contribution in [0.5, 0.6) is 0 Å². The van der Waals surface area contributed by atoms with Gasteiger partial charge in [-0.05, 0) is 44.4 Å². The van der Waals surface area contributed by atoms with Crippen LogP contribution in [-0.4, -0.2) is 57.4 Å². The second-order valence-electron chi connectivity index (χ2n) is 6.48. The summed E-state index contributed by atoms with van der Waals surface area (Å²) < 4.78 is 32.6. The van der Waals surface area contributed by atoms with Crippen LogP contribution >= 0.6 is 0 Å². The summed E-state index contributed by atoms with van der Waals surface area (Å²) in [6.45, 7) is 4.72. The average Bonchev–Trinajstić information content (AvgIpc) is 2.66. The number of esters is 1. The van der Waals surface area contributed by atoms with E-state index < -0.39 is 21.9 Å². The lowest BCUT2D eigenvalue weighted by Crippen LogP contribution is -2.46. The summed E-state index contributed by atoms with van der Waals surface area (Å²) in [7, 11) is -3.83. The van der Waals surface area contributed by atoms with E-state index in [1.54, 1.807) is 26.0 Å². The minimum absolute atomic E-state index is 0.0658. The molecular formula is C18H27N3O5S. The number of hydrogen-bond donors (Lipinski definition) is 2. The number of benzene rings is 1. The molecule has 0 spiro atoms. The summed E-state index contributed by atoms with van der Waals surface area (Å²) >= 11 is 0. The third-order valence-electron chi connectivity index (χ3n) is 4.52. The lowest BCUT2D eigenvalue weighted by atomic mass is 9.99. The number of aryl methyl sites for hydroxylation is 1. The molecule has 8 nitrogen and oxygen atoms in total. The topological polar surface area (TPSA) is 119 Å². The summed E-state index contributed by atoms with van der Waals surface area (Å²) in [4.78, 5) is 24.2. The Labute approximate surface area is 160 Å². The number of nitrogens with one attached hydrogen (secondary N) is 1. The Morgan fingerprint density at radius 3 is 2.78 bits per heavy atom. The highest BCUT2D eigenvalue weighted by molar-refractivity contribution is 7.89. The van der Waals surface area contributed by atoms with E-state index in [0.29, 0.717) is 38.0 Å². The van der Waals surface area contributed by atoms with Crippen LogP contribution in [-0.2, 0) is 19.6 Å². The molecule has 0 saturated carbocycles. The average molecular weight is 397 g/mol. The van der Waals surface area contributed by atoms with Crippen molar-refractivity contribution >= 4 is 21.9 Å². The van der Waals surface area contributed by atoms with E-state index in [1.165, 1.54) is 10.4 Å². The summed E-state index contributed by atoms with van der Waals surface area (Å²) in [6, 6.07) is 4.49. The van der Waals surface area contributed by atoms with Gasteiger partial charge in [-0.2, -0.15) is 4.31 Å². The number of ether oxygens (including phenoxy) is 1. The fraction of sp³-hybridized carbons (Fsp3) is 0.556. The first-order valence-corrected chi connectivity index (χ1v) is 10.5. The Hall–Kier alpha value is -1.97. The lowest BCUT2D eigenvalue weighted by molar-refractivity contribution is -0.126. The third kappa shape index (κ3) is 5.06. The highest BCUT2D eigenvalue weighted by atomic mass is 32.2. The SMILES string of the molecule is CCOC(=O)c1ccc(C)c(S(=O)(=O)N2CCCC(C(=O)NCCN)C2)c1. The van der Waals surface area contributed by atoms with Crippen molar-refractivity contribution in [3.8, 4) is 0 Å². The van der Waals surface area contributed by atoms with Crippen molar-refractivity contribution < 1.29 is 22.7 Å². The minimum atomic E-state index is -3.83. The number of sulfonamides is 1. The smallest absolute Gasteiger partial charge is 0.338 e. The van der Waals surface area contributed by atoms with Crippen LogP contribution < -0.4 is 11.1 Å². The Morgan fingerprint density at radius 2 is 2.11 bits per heavy atom. The van der Waals surface area contributed by atoms with Crippen molar-refractivity contribution in [3.05, 3.63) is 29.3 Å². The standard InChI is InChI=1S/C18H27N3O5S/c1-3-26-18(23)14-7-6-13(2)16(11-14)27(24,25)21-10-4-5-15(12-21)17(22)20-9-8-19/h6-7,11,15H,3-5,8-10,12,19H2,1-2H3,(H,20,22). The molecule has 1 aromatic carbocycles. The molecule has 1 aliphatic heterocycles. The fourth-order valence-corrected chi connectivity index (χ4v) is 4.85. The summed E-state index contributed by atoms with van der Waals surface area (Å²) in [5.41, 5.74) is 6.13. The highest BCUT2D eigenvalue weighted by Gasteiger charge is 2.34. The summed E-state index contributed by atoms with van der Waals surface area (Å²) in [5.74, 6) is -1.16. The number of amides is 1. The van der Waals surface area contributed by atoms with Crippen LogP contribution in [0.1, 0.15) is 35.7 Å². The van der Waals surface area contributed by atoms with Crippen LogP contribution in [0.4, 0.5) is 0 Å². The molecule has 1 aromatic rings. The van der Waals surface area contributed by atoms with Gasteiger partial charge in [-0.25, -0.2) is 13.2 Å². The molecule has 1 unspecified atom stereocenters. The van der Waals surface area contributed by atoms with E-state index in [2.05, 4.69) is 5.32 Å². The molecule has 1 heterocycles. The first-order valence-electron chi connectivity index (χ1n) is 9.07. The molecule has 1 atom stereocenters. The van der Waals surface area contributed by atoms with Crippen molar-refractivity contribution in [3.63, 3.8) is 0 Å². The molecule has 9 heteroatoms. The van der Waals surface area contributed by atoms with Crippen LogP contribution in [0.3, 0.4) is 0 Å². The third-order valence-corrected chi connectivity index (χ3v) is 6.52. The van der Waals surface area contributed by atoms with Gasteiger partial charge in [-0.15, -0.1) is 0 Å². The van der Waals surface area contributed by atoms with Gasteiger partial charge in [0.1, 0.15) is 0 Å². The number of carbonyl (C=O) groups is 2. The number of carbonyl (C=O) groups excluding carboxylic acids is 2. The number of nitrogens with zero attached hydrogens (tertiary/aromatic N) is 1. The number of rotatable bonds is 7. The van der Waals surface area contributed by atoms with Crippen molar-refractivity contribution in [2.24, 2.45) is 11.7 Å². The first-order chi connectivity index (χ1) is 12.8. The van der Waals surface area contributed by atoms with E-state index in [4.69, 9.17) is 10.5 Å². The van der Waals surface area contributed by atoms with Gasteiger partial charge in [0.15, 0.2) is 0 Å². The van der Waals surface area contributed by atoms with Gasteiger partial charge in [0.25, 0.3) is 0 Å². The Morgan fingerprint density at radius 1 is 1.37 bits per heavy atom. The van der Waals surface area contributed by atoms with E-state index in [0.717, 1.165) is 0 Å². The van der Waals surface area contributed by atoms with Crippen molar-refractivity contribution in [1.29, 1.82) is 0 Å². The lowest BCUT2D eigenvalue weighted by Gasteiger charge is -2.31. The Kier molecular flexibility index (Phi) is 7.34. The van der Waals surface area contributed by atoms with Gasteiger partial charge in [0.05, 0.1) is 23.0 Å². The predicted molar refractivity (Wildman–Crippen MR) is 101 cm³/mol. The normalized spacial score (nSPS) is 18.1. The molecule has 0 radical (unpaired) electrons. The van der Waals surface area contributed by atoms with Crippen molar-refractivity contribution in [2.45, 2.75) is 31.6 Å². The predicted octanol–water partition coefficient (Wildman–Crippen LogP) is 0.647. The molecular weight excluding hydrogens is 370 g/mol. The molecule has 0 aromatic heterocycles. The zero-order valence-corrected chi connectivity index (χ0v) is 16.5. The van der Waals surface area contributed by atoms with Gasteiger partial charge in [0, 0.05) is 26.2 Å². The van der Waals surface area contributed by atoms with Gasteiger partial charge in [-0.1, -0.05) is 6.07 Å². The van der Waals surface area contributed by atoms with Crippen molar-refractivity contribution in [1.82, 2.24) is 9.62 Å². The summed E-state index contributed by atoms with van der Waals surface area (Å²) in [5, 5.41) is 2.72. The Bertz CT molecular complexity index is 794. The fourth-order valence-electron chi connectivity index (χ4n) is 3.07. The van der Waals surface area contributed by atoms with Crippen LogP contribution in [0.25, 0.3) is 0 Å². The van der Waals surface area contributed by atoms with E-state index >= 15 is 0 Å². The molecule has 0 bridgehead atoms. The number of piperidine rings is 1. The van der Waals surface area contributed by atoms with E-state index in [-0.39, 0.29) is 29.5 Å². The molecule has 1 saturated heterocycles. The van der Waals surface area contributed by atoms with Crippen LogP contribution in [0.15, 0.2) is 23.1 Å². The zero-order valence-electron chi connectivity index (χ0n) is 15.7. The van der Waals surface area contributed by atoms with Gasteiger partial charge in [0.2, 0.25) is 15.9 Å². The highest BCUT2D eigenvalue weighted by Crippen LogP contribution is 2.26. The van der Waals surface area contributed by atoms with Crippen LogP contribution in [0, 0.1) is 12.8 Å². The maximum absolute atomic E-state index is 13.1. The second-order valence-corrected chi connectivity index (χ2v) is 8.39. The molecule has 1 fully saturated rings. The molecule has 150 valence electrons. The van der Waals surface area contributed by atoms with Crippen LogP contribution in [0.2, 0.25) is 0 Å². The molecule has 27 heavy (non-hydrogen) atoms.